The van der Waals surface area contributed by atoms with Gasteiger partial charge in [-0.15, -0.1) is 11.3 Å². The van der Waals surface area contributed by atoms with Crippen LogP contribution >= 0.6 is 11.3 Å². The van der Waals surface area contributed by atoms with Crippen molar-refractivity contribution < 1.29 is 18.3 Å². The monoisotopic (exact) mass is 331 g/mol. The van der Waals surface area contributed by atoms with E-state index in [1.54, 1.807) is 13.0 Å². The molecule has 0 amide bonds. The zero-order valence-electron chi connectivity index (χ0n) is 12.3. The second-order valence-electron chi connectivity index (χ2n) is 5.59. The lowest BCUT2D eigenvalue weighted by Gasteiger charge is -2.22. The lowest BCUT2D eigenvalue weighted by molar-refractivity contribution is -0.142. The molecule has 1 saturated carbocycles. The van der Waals surface area contributed by atoms with E-state index < -0.39 is 28.0 Å². The van der Waals surface area contributed by atoms with Gasteiger partial charge in [0.25, 0.3) is 0 Å². The van der Waals surface area contributed by atoms with Crippen LogP contribution in [0.5, 0.6) is 0 Å². The molecule has 2 rings (SSSR count). The fraction of sp³-hybridized carbons (Fsp3) is 0.643. The fourth-order valence-corrected chi connectivity index (χ4v) is 5.75. The van der Waals surface area contributed by atoms with E-state index in [4.69, 9.17) is 0 Å². The molecule has 0 aromatic carbocycles. The standard InChI is InChI=1S/C14H21NO4S2/c1-9-8-13(10(2)20-9)21(18,19)15-12-7-5-3-4-6-11(12)14(16)17/h8,11-12,15H,3-7H2,1-2H3,(H,16,17). The maximum absolute atomic E-state index is 12.5. The molecule has 118 valence electrons. The van der Waals surface area contributed by atoms with Gasteiger partial charge in [0.15, 0.2) is 0 Å². The van der Waals surface area contributed by atoms with E-state index in [0.717, 1.165) is 29.0 Å². The molecule has 2 N–H and O–H groups in total. The van der Waals surface area contributed by atoms with Crippen LogP contribution in [0.15, 0.2) is 11.0 Å². The largest absolute Gasteiger partial charge is 0.481 e. The van der Waals surface area contributed by atoms with Gasteiger partial charge in [-0.1, -0.05) is 19.3 Å². The van der Waals surface area contributed by atoms with Crippen molar-refractivity contribution in [2.24, 2.45) is 5.92 Å². The van der Waals surface area contributed by atoms with Gasteiger partial charge >= 0.3 is 5.97 Å². The molecule has 1 aromatic heterocycles. The van der Waals surface area contributed by atoms with Crippen molar-refractivity contribution in [3.8, 4) is 0 Å². The first kappa shape index (κ1) is 16.5. The molecule has 0 radical (unpaired) electrons. The number of aliphatic carboxylic acids is 1. The average molecular weight is 331 g/mol. The summed E-state index contributed by atoms with van der Waals surface area (Å²) in [6, 6.07) is 1.13. The molecule has 0 spiro atoms. The Morgan fingerprint density at radius 1 is 1.29 bits per heavy atom. The van der Waals surface area contributed by atoms with Crippen molar-refractivity contribution in [3.63, 3.8) is 0 Å². The molecule has 7 heteroatoms. The Hall–Kier alpha value is -0.920. The summed E-state index contributed by atoms with van der Waals surface area (Å²) in [6.07, 6.45) is 3.77. The molecule has 0 aliphatic heterocycles. The molecule has 1 fully saturated rings. The highest BCUT2D eigenvalue weighted by Gasteiger charge is 2.33. The third kappa shape index (κ3) is 3.84. The third-order valence-electron chi connectivity index (χ3n) is 3.92. The first-order valence-electron chi connectivity index (χ1n) is 7.13. The van der Waals surface area contributed by atoms with Crippen LogP contribution in [0, 0.1) is 19.8 Å². The Morgan fingerprint density at radius 2 is 1.95 bits per heavy atom. The average Bonchev–Trinajstić information content (AvgIpc) is 2.60. The predicted molar refractivity (Wildman–Crippen MR) is 82.1 cm³/mol. The number of aryl methyl sites for hydroxylation is 2. The Kier molecular flexibility index (Phi) is 5.06. The normalized spacial score (nSPS) is 23.7. The predicted octanol–water partition coefficient (Wildman–Crippen LogP) is 2.68. The summed E-state index contributed by atoms with van der Waals surface area (Å²) in [5.41, 5.74) is 0. The summed E-state index contributed by atoms with van der Waals surface area (Å²) in [5, 5.41) is 9.33. The molecule has 5 nitrogen and oxygen atoms in total. The first-order chi connectivity index (χ1) is 9.81. The highest BCUT2D eigenvalue weighted by atomic mass is 32.2. The Balaban J connectivity index is 2.25. The van der Waals surface area contributed by atoms with Crippen LogP contribution in [-0.4, -0.2) is 25.5 Å². The van der Waals surface area contributed by atoms with Crippen molar-refractivity contribution in [2.45, 2.75) is 56.9 Å². The quantitative estimate of drug-likeness (QED) is 0.831. The van der Waals surface area contributed by atoms with Gasteiger partial charge in [0, 0.05) is 15.8 Å². The van der Waals surface area contributed by atoms with Gasteiger partial charge in [0.2, 0.25) is 10.0 Å². The molecule has 2 atom stereocenters. The zero-order chi connectivity index (χ0) is 15.6. The molecule has 1 heterocycles. The smallest absolute Gasteiger partial charge is 0.308 e. The Morgan fingerprint density at radius 3 is 2.52 bits per heavy atom. The van der Waals surface area contributed by atoms with E-state index in [9.17, 15) is 18.3 Å². The maximum Gasteiger partial charge on any atom is 0.308 e. The summed E-state index contributed by atoms with van der Waals surface area (Å²) >= 11 is 1.43. The lowest BCUT2D eigenvalue weighted by atomic mass is 9.96. The van der Waals surface area contributed by atoms with E-state index in [-0.39, 0.29) is 4.90 Å². The number of hydrogen-bond acceptors (Lipinski definition) is 4. The van der Waals surface area contributed by atoms with Crippen LogP contribution in [0.2, 0.25) is 0 Å². The highest BCUT2D eigenvalue weighted by molar-refractivity contribution is 7.89. The van der Waals surface area contributed by atoms with Crippen LogP contribution in [0.1, 0.15) is 41.9 Å². The van der Waals surface area contributed by atoms with Gasteiger partial charge in [-0.2, -0.15) is 0 Å². The number of carboxylic acid groups (broad SMARTS) is 1. The van der Waals surface area contributed by atoms with Gasteiger partial charge in [0.1, 0.15) is 0 Å². The molecule has 0 bridgehead atoms. The SMILES string of the molecule is Cc1cc(S(=O)(=O)NC2CCCCCC2C(=O)O)c(C)s1. The number of carbonyl (C=O) groups is 1. The first-order valence-corrected chi connectivity index (χ1v) is 9.43. The number of thiophene rings is 1. The van der Waals surface area contributed by atoms with Crippen LogP contribution in [-0.2, 0) is 14.8 Å². The molecule has 1 aliphatic carbocycles. The maximum atomic E-state index is 12.5. The molecular formula is C14H21NO4S2. The number of carboxylic acids is 1. The van der Waals surface area contributed by atoms with Gasteiger partial charge in [-0.05, 0) is 32.8 Å². The van der Waals surface area contributed by atoms with Crippen LogP contribution in [0.3, 0.4) is 0 Å². The van der Waals surface area contributed by atoms with Crippen LogP contribution in [0.25, 0.3) is 0 Å². The summed E-state index contributed by atoms with van der Waals surface area (Å²) in [5.74, 6) is -1.55. The van der Waals surface area contributed by atoms with E-state index in [0.29, 0.717) is 12.8 Å². The zero-order valence-corrected chi connectivity index (χ0v) is 13.9. The lowest BCUT2D eigenvalue weighted by Crippen LogP contribution is -2.42. The summed E-state index contributed by atoms with van der Waals surface area (Å²) in [6.45, 7) is 3.64. The van der Waals surface area contributed by atoms with Crippen molar-refractivity contribution in [1.82, 2.24) is 4.72 Å². The van der Waals surface area contributed by atoms with Crippen molar-refractivity contribution >= 4 is 27.3 Å². The Bertz CT molecular complexity index is 621. The number of nitrogens with one attached hydrogen (secondary N) is 1. The van der Waals surface area contributed by atoms with Gasteiger partial charge in [-0.3, -0.25) is 4.79 Å². The van der Waals surface area contributed by atoms with E-state index in [2.05, 4.69) is 4.72 Å². The number of sulfonamides is 1. The second kappa shape index (κ2) is 6.46. The van der Waals surface area contributed by atoms with Crippen LogP contribution in [0.4, 0.5) is 0 Å². The topological polar surface area (TPSA) is 83.5 Å². The van der Waals surface area contributed by atoms with E-state index in [1.165, 1.54) is 11.3 Å². The third-order valence-corrected chi connectivity index (χ3v) is 6.64. The second-order valence-corrected chi connectivity index (χ2v) is 8.73. The van der Waals surface area contributed by atoms with Crippen molar-refractivity contribution in [3.05, 3.63) is 15.8 Å². The number of rotatable bonds is 4. The van der Waals surface area contributed by atoms with Gasteiger partial charge < -0.3 is 5.11 Å². The summed E-state index contributed by atoms with van der Waals surface area (Å²) in [7, 11) is -3.66. The molecule has 2 unspecified atom stereocenters. The molecular weight excluding hydrogens is 310 g/mol. The molecule has 0 saturated heterocycles. The van der Waals surface area contributed by atoms with E-state index >= 15 is 0 Å². The van der Waals surface area contributed by atoms with Crippen LogP contribution < -0.4 is 4.72 Å². The number of hydrogen-bond donors (Lipinski definition) is 2. The minimum absolute atomic E-state index is 0.276. The highest BCUT2D eigenvalue weighted by Crippen LogP contribution is 2.28. The summed E-state index contributed by atoms with van der Waals surface area (Å²) in [4.78, 5) is 13.3. The fourth-order valence-electron chi connectivity index (χ4n) is 2.88. The van der Waals surface area contributed by atoms with Gasteiger partial charge in [-0.25, -0.2) is 13.1 Å². The molecule has 1 aliphatic rings. The molecule has 21 heavy (non-hydrogen) atoms. The van der Waals surface area contributed by atoms with Crippen molar-refractivity contribution in [1.29, 1.82) is 0 Å². The minimum Gasteiger partial charge on any atom is -0.481 e. The summed E-state index contributed by atoms with van der Waals surface area (Å²) < 4.78 is 27.7. The Labute approximate surface area is 129 Å². The van der Waals surface area contributed by atoms with Gasteiger partial charge in [0.05, 0.1) is 10.8 Å². The van der Waals surface area contributed by atoms with Crippen molar-refractivity contribution in [2.75, 3.05) is 0 Å². The van der Waals surface area contributed by atoms with E-state index in [1.807, 2.05) is 6.92 Å². The molecule has 1 aromatic rings. The minimum atomic E-state index is -3.66.